The fourth-order valence-electron chi connectivity index (χ4n) is 1.08. The van der Waals surface area contributed by atoms with Gasteiger partial charge in [0.1, 0.15) is 0 Å². The maximum absolute atomic E-state index is 2.33. The Morgan fingerprint density at radius 2 is 2.00 bits per heavy atom. The minimum absolute atomic E-state index is 0.258. The van der Waals surface area contributed by atoms with Crippen LogP contribution in [-0.4, -0.2) is 17.0 Å². The predicted octanol–water partition coefficient (Wildman–Crippen LogP) is 2.56. The van der Waals surface area contributed by atoms with Gasteiger partial charge in [0.25, 0.3) is 0 Å². The lowest BCUT2D eigenvalue weighted by Gasteiger charge is -2.35. The molecule has 0 aromatic heterocycles. The van der Waals surface area contributed by atoms with Crippen molar-refractivity contribution in [3.05, 3.63) is 23.9 Å². The molecule has 11 heavy (non-hydrogen) atoms. The van der Waals surface area contributed by atoms with E-state index in [1.807, 2.05) is 0 Å². The minimum atomic E-state index is 0.258. The minimum Gasteiger partial charge on any atom is -0.369 e. The van der Waals surface area contributed by atoms with Gasteiger partial charge in [-0.3, -0.25) is 0 Å². The Hall–Kier alpha value is -0.720. The van der Waals surface area contributed by atoms with Crippen molar-refractivity contribution in [3.63, 3.8) is 0 Å². The van der Waals surface area contributed by atoms with Gasteiger partial charge in [-0.15, -0.1) is 0 Å². The van der Waals surface area contributed by atoms with Gasteiger partial charge in [-0.25, -0.2) is 0 Å². The van der Waals surface area contributed by atoms with E-state index in [9.17, 15) is 0 Å². The average Bonchev–Trinajstić information content (AvgIpc) is 1.86. The van der Waals surface area contributed by atoms with Crippen molar-refractivity contribution in [2.75, 3.05) is 6.54 Å². The van der Waals surface area contributed by atoms with Crippen LogP contribution in [0.3, 0.4) is 0 Å². The molecule has 1 aliphatic heterocycles. The summed E-state index contributed by atoms with van der Waals surface area (Å²) in [6.45, 7) is 9.87. The second kappa shape index (κ2) is 2.72. The van der Waals surface area contributed by atoms with Crippen LogP contribution >= 0.6 is 0 Å². The van der Waals surface area contributed by atoms with Gasteiger partial charge in [0.15, 0.2) is 0 Å². The molecule has 0 spiro atoms. The third-order valence-corrected chi connectivity index (χ3v) is 1.99. The topological polar surface area (TPSA) is 3.24 Å². The molecule has 0 atom stereocenters. The smallest absolute Gasteiger partial charge is 0.0365 e. The lowest BCUT2D eigenvalue weighted by atomic mass is 10.0. The first-order valence-corrected chi connectivity index (χ1v) is 4.12. The molecular formula is C10H17N. The molecule has 1 aliphatic rings. The normalized spacial score (nSPS) is 18.5. The van der Waals surface area contributed by atoms with E-state index < -0.39 is 0 Å². The number of hydrogen-bond acceptors (Lipinski definition) is 1. The van der Waals surface area contributed by atoms with Crippen molar-refractivity contribution in [3.8, 4) is 0 Å². The first kappa shape index (κ1) is 8.38. The van der Waals surface area contributed by atoms with E-state index in [4.69, 9.17) is 0 Å². The molecular weight excluding hydrogens is 134 g/mol. The van der Waals surface area contributed by atoms with Crippen LogP contribution in [0, 0.1) is 0 Å². The summed E-state index contributed by atoms with van der Waals surface area (Å²) in [5, 5.41) is 0. The van der Waals surface area contributed by atoms with Gasteiger partial charge in [0.05, 0.1) is 0 Å². The fraction of sp³-hybridized carbons (Fsp3) is 0.600. The summed E-state index contributed by atoms with van der Waals surface area (Å²) >= 11 is 0. The molecule has 0 saturated heterocycles. The Morgan fingerprint density at radius 1 is 1.36 bits per heavy atom. The maximum Gasteiger partial charge on any atom is 0.0365 e. The molecule has 1 heteroatoms. The Balaban J connectivity index is 2.63. The summed E-state index contributed by atoms with van der Waals surface area (Å²) < 4.78 is 0. The predicted molar refractivity (Wildman–Crippen MR) is 49.4 cm³/mol. The van der Waals surface area contributed by atoms with E-state index in [-0.39, 0.29) is 5.54 Å². The summed E-state index contributed by atoms with van der Waals surface area (Å²) in [5.41, 5.74) is 1.62. The highest BCUT2D eigenvalue weighted by Gasteiger charge is 2.17. The van der Waals surface area contributed by atoms with Crippen LogP contribution in [0.1, 0.15) is 27.7 Å². The van der Waals surface area contributed by atoms with Crippen LogP contribution in [0.4, 0.5) is 0 Å². The number of nitrogens with zero attached hydrogens (tertiary/aromatic N) is 1. The van der Waals surface area contributed by atoms with E-state index in [1.165, 1.54) is 5.57 Å². The first-order valence-electron chi connectivity index (χ1n) is 4.12. The van der Waals surface area contributed by atoms with E-state index in [0.29, 0.717) is 0 Å². The van der Waals surface area contributed by atoms with Gasteiger partial charge in [0.2, 0.25) is 0 Å². The molecule has 0 aromatic rings. The Labute approximate surface area is 69.4 Å². The highest BCUT2D eigenvalue weighted by atomic mass is 15.2. The summed E-state index contributed by atoms with van der Waals surface area (Å²) in [6, 6.07) is 0. The lowest BCUT2D eigenvalue weighted by Crippen LogP contribution is -2.38. The molecule has 0 radical (unpaired) electrons. The Kier molecular flexibility index (Phi) is 2.08. The lowest BCUT2D eigenvalue weighted by molar-refractivity contribution is 0.223. The largest absolute Gasteiger partial charge is 0.369 e. The second-order valence-corrected chi connectivity index (χ2v) is 4.09. The Bertz CT molecular complexity index is 193. The molecule has 0 N–H and O–H groups in total. The second-order valence-electron chi connectivity index (χ2n) is 4.09. The molecule has 1 nitrogen and oxygen atoms in total. The van der Waals surface area contributed by atoms with E-state index >= 15 is 0 Å². The zero-order valence-corrected chi connectivity index (χ0v) is 7.89. The molecule has 0 aromatic carbocycles. The van der Waals surface area contributed by atoms with Crippen molar-refractivity contribution in [2.45, 2.75) is 33.2 Å². The summed E-state index contributed by atoms with van der Waals surface area (Å²) in [6.07, 6.45) is 6.59. The van der Waals surface area contributed by atoms with Crippen molar-refractivity contribution < 1.29 is 0 Å². The monoisotopic (exact) mass is 151 g/mol. The van der Waals surface area contributed by atoms with Gasteiger partial charge in [-0.05, 0) is 33.8 Å². The molecule has 1 rings (SSSR count). The number of rotatable bonds is 0. The highest BCUT2D eigenvalue weighted by Crippen LogP contribution is 2.17. The SMILES string of the molecule is CC1=CCN(C(C)(C)C)C=C1. The number of allylic oxidation sites excluding steroid dienone is 2. The van der Waals surface area contributed by atoms with Crippen LogP contribution < -0.4 is 0 Å². The molecule has 0 amide bonds. The van der Waals surface area contributed by atoms with Crippen LogP contribution in [-0.2, 0) is 0 Å². The van der Waals surface area contributed by atoms with Crippen LogP contribution in [0.5, 0.6) is 0 Å². The van der Waals surface area contributed by atoms with Gasteiger partial charge < -0.3 is 4.90 Å². The van der Waals surface area contributed by atoms with E-state index in [0.717, 1.165) is 6.54 Å². The molecule has 0 fully saturated rings. The zero-order valence-electron chi connectivity index (χ0n) is 7.89. The molecule has 0 saturated carbocycles. The van der Waals surface area contributed by atoms with Crippen molar-refractivity contribution in [1.29, 1.82) is 0 Å². The van der Waals surface area contributed by atoms with Gasteiger partial charge in [-0.1, -0.05) is 11.6 Å². The van der Waals surface area contributed by atoms with E-state index in [2.05, 4.69) is 50.9 Å². The van der Waals surface area contributed by atoms with Gasteiger partial charge in [-0.2, -0.15) is 0 Å². The third-order valence-electron chi connectivity index (χ3n) is 1.99. The first-order chi connectivity index (χ1) is 5.00. The molecule has 1 heterocycles. The van der Waals surface area contributed by atoms with Crippen LogP contribution in [0.25, 0.3) is 0 Å². The summed E-state index contributed by atoms with van der Waals surface area (Å²) in [4.78, 5) is 2.33. The van der Waals surface area contributed by atoms with Crippen LogP contribution in [0.2, 0.25) is 0 Å². The van der Waals surface area contributed by atoms with Crippen molar-refractivity contribution in [2.24, 2.45) is 0 Å². The average molecular weight is 151 g/mol. The standard InChI is InChI=1S/C10H17N/c1-9-5-7-11(8-6-9)10(2,3)4/h5-7H,8H2,1-4H3. The third kappa shape index (κ3) is 2.11. The molecule has 0 aliphatic carbocycles. The van der Waals surface area contributed by atoms with E-state index in [1.54, 1.807) is 0 Å². The molecule has 0 unspecified atom stereocenters. The van der Waals surface area contributed by atoms with Crippen molar-refractivity contribution in [1.82, 2.24) is 4.90 Å². The van der Waals surface area contributed by atoms with Crippen LogP contribution in [0.15, 0.2) is 23.9 Å². The molecule has 62 valence electrons. The Morgan fingerprint density at radius 3 is 2.36 bits per heavy atom. The maximum atomic E-state index is 2.33. The quantitative estimate of drug-likeness (QED) is 0.514. The fourth-order valence-corrected chi connectivity index (χ4v) is 1.08. The zero-order chi connectivity index (χ0) is 8.48. The van der Waals surface area contributed by atoms with Gasteiger partial charge >= 0.3 is 0 Å². The highest BCUT2D eigenvalue weighted by molar-refractivity contribution is 5.20. The molecule has 0 bridgehead atoms. The summed E-state index contributed by atoms with van der Waals surface area (Å²) in [5.74, 6) is 0. The van der Waals surface area contributed by atoms with Gasteiger partial charge in [0, 0.05) is 18.3 Å². The summed E-state index contributed by atoms with van der Waals surface area (Å²) in [7, 11) is 0. The number of hydrogen-bond donors (Lipinski definition) is 0. The van der Waals surface area contributed by atoms with Crippen molar-refractivity contribution >= 4 is 0 Å².